The van der Waals surface area contributed by atoms with Crippen molar-refractivity contribution >= 4 is 11.0 Å². The minimum atomic E-state index is -2.63. The third kappa shape index (κ3) is 3.09. The van der Waals surface area contributed by atoms with Crippen molar-refractivity contribution in [1.29, 1.82) is 0 Å². The first-order valence-corrected chi connectivity index (χ1v) is 9.26. The Kier molecular flexibility index (Phi) is 4.93. The second kappa shape index (κ2) is 7.39. The van der Waals surface area contributed by atoms with Gasteiger partial charge in [0.2, 0.25) is 0 Å². The van der Waals surface area contributed by atoms with Gasteiger partial charge in [0.15, 0.2) is 11.5 Å². The van der Waals surface area contributed by atoms with Gasteiger partial charge in [-0.15, -0.1) is 0 Å². The first-order valence-electron chi connectivity index (χ1n) is 9.26. The maximum Gasteiger partial charge on any atom is 0.320 e. The molecule has 0 radical (unpaired) electrons. The molecule has 0 N–H and O–H groups in total. The lowest BCUT2D eigenvalue weighted by atomic mass is 9.97. The Morgan fingerprint density at radius 3 is 2.39 bits per heavy atom. The molecule has 0 bridgehead atoms. The van der Waals surface area contributed by atoms with Gasteiger partial charge in [-0.05, 0) is 48.7 Å². The van der Waals surface area contributed by atoms with Crippen molar-refractivity contribution in [1.82, 2.24) is 14.5 Å². The molecule has 0 amide bonds. The van der Waals surface area contributed by atoms with Gasteiger partial charge in [0.1, 0.15) is 5.82 Å². The zero-order valence-electron chi connectivity index (χ0n) is 16.2. The van der Waals surface area contributed by atoms with Gasteiger partial charge in [0.25, 0.3) is 0 Å². The van der Waals surface area contributed by atoms with Crippen LogP contribution in [0, 0.1) is 0 Å². The number of methoxy groups -OCH3 is 2. The molecule has 7 heteroatoms. The van der Waals surface area contributed by atoms with E-state index in [4.69, 9.17) is 9.47 Å². The van der Waals surface area contributed by atoms with Crippen LogP contribution in [0.4, 0.5) is 8.78 Å². The van der Waals surface area contributed by atoms with Crippen LogP contribution >= 0.6 is 0 Å². The zero-order chi connectivity index (χ0) is 19.8. The third-order valence-corrected chi connectivity index (χ3v) is 5.49. The predicted octanol–water partition coefficient (Wildman–Crippen LogP) is 4.57. The molecule has 1 aromatic heterocycles. The topological polar surface area (TPSA) is 39.5 Å². The van der Waals surface area contributed by atoms with Crippen molar-refractivity contribution in [3.63, 3.8) is 0 Å². The highest BCUT2D eigenvalue weighted by Gasteiger charge is 2.29. The number of benzene rings is 2. The molecule has 1 aliphatic rings. The Labute approximate surface area is 162 Å². The molecule has 0 unspecified atom stereocenters. The lowest BCUT2D eigenvalue weighted by molar-refractivity contribution is 0.0635. The molecule has 28 heavy (non-hydrogen) atoms. The highest BCUT2D eigenvalue weighted by Crippen LogP contribution is 2.36. The number of aromatic nitrogens is 2. The number of para-hydroxylation sites is 2. The Morgan fingerprint density at radius 1 is 1.04 bits per heavy atom. The number of hydrogen-bond acceptors (Lipinski definition) is 4. The van der Waals surface area contributed by atoms with Gasteiger partial charge in [-0.1, -0.05) is 12.1 Å². The van der Waals surface area contributed by atoms with E-state index in [9.17, 15) is 8.78 Å². The van der Waals surface area contributed by atoms with Gasteiger partial charge in [-0.2, -0.15) is 8.78 Å². The number of fused-ring (bicyclic) bond motifs is 2. The molecular weight excluding hydrogens is 364 g/mol. The number of halogens is 2. The average molecular weight is 387 g/mol. The van der Waals surface area contributed by atoms with E-state index in [1.165, 1.54) is 5.56 Å². The summed E-state index contributed by atoms with van der Waals surface area (Å²) in [4.78, 5) is 6.70. The molecule has 0 saturated carbocycles. The summed E-state index contributed by atoms with van der Waals surface area (Å²) in [5.74, 6) is 1.78. The van der Waals surface area contributed by atoms with Crippen LogP contribution in [-0.4, -0.2) is 35.2 Å². The minimum Gasteiger partial charge on any atom is -0.493 e. The summed E-state index contributed by atoms with van der Waals surface area (Å²) in [5, 5.41) is 0. The second-order valence-corrected chi connectivity index (χ2v) is 6.98. The van der Waals surface area contributed by atoms with Crippen LogP contribution in [0.3, 0.4) is 0 Å². The van der Waals surface area contributed by atoms with Crippen LogP contribution in [0.1, 0.15) is 36.5 Å². The lowest BCUT2D eigenvalue weighted by Gasteiger charge is -2.34. The van der Waals surface area contributed by atoms with Crippen LogP contribution in [0.5, 0.6) is 11.5 Å². The van der Waals surface area contributed by atoms with Crippen molar-refractivity contribution in [2.75, 3.05) is 20.8 Å². The van der Waals surface area contributed by atoms with Gasteiger partial charge < -0.3 is 9.47 Å². The largest absolute Gasteiger partial charge is 0.493 e. The molecule has 1 atom stereocenters. The molecule has 0 saturated heterocycles. The van der Waals surface area contributed by atoms with E-state index in [-0.39, 0.29) is 6.04 Å². The molecule has 0 fully saturated rings. The Bertz CT molecular complexity index is 1000. The molecule has 0 spiro atoms. The summed E-state index contributed by atoms with van der Waals surface area (Å²) in [6.45, 7) is 0.705. The van der Waals surface area contributed by atoms with Crippen molar-refractivity contribution in [2.24, 2.45) is 0 Å². The minimum absolute atomic E-state index is 0.248. The monoisotopic (exact) mass is 387 g/mol. The molecule has 2 aromatic carbocycles. The average Bonchev–Trinajstić information content (AvgIpc) is 3.11. The van der Waals surface area contributed by atoms with Gasteiger partial charge in [0.05, 0.1) is 31.3 Å². The van der Waals surface area contributed by atoms with Gasteiger partial charge in [-0.25, -0.2) is 4.98 Å². The summed E-state index contributed by atoms with van der Waals surface area (Å²) >= 11 is 0. The van der Waals surface area contributed by atoms with Crippen LogP contribution in [0.15, 0.2) is 36.4 Å². The maximum atomic E-state index is 13.8. The van der Waals surface area contributed by atoms with Gasteiger partial charge in [-0.3, -0.25) is 9.47 Å². The van der Waals surface area contributed by atoms with E-state index in [1.54, 1.807) is 32.4 Å². The summed E-state index contributed by atoms with van der Waals surface area (Å²) in [5.41, 5.74) is 3.37. The molecule has 3 aromatic rings. The van der Waals surface area contributed by atoms with E-state index in [0.717, 1.165) is 23.1 Å². The SMILES string of the molecule is COc1cc2c(cc1OC)CN([C@@H](C)c1nc3ccccc3n1C(F)F)CC2. The fourth-order valence-corrected chi connectivity index (χ4v) is 3.96. The maximum absolute atomic E-state index is 13.8. The molecule has 148 valence electrons. The van der Waals surface area contributed by atoms with Crippen molar-refractivity contribution < 1.29 is 18.3 Å². The number of rotatable bonds is 5. The third-order valence-electron chi connectivity index (χ3n) is 5.49. The molecule has 0 aliphatic carbocycles. The number of alkyl halides is 2. The van der Waals surface area contributed by atoms with Crippen LogP contribution < -0.4 is 9.47 Å². The summed E-state index contributed by atoms with van der Waals surface area (Å²) in [6.07, 6.45) is 0.814. The second-order valence-electron chi connectivity index (χ2n) is 6.98. The Morgan fingerprint density at radius 2 is 1.71 bits per heavy atom. The quantitative estimate of drug-likeness (QED) is 0.643. The van der Waals surface area contributed by atoms with Crippen molar-refractivity contribution in [3.8, 4) is 11.5 Å². The van der Waals surface area contributed by atoms with E-state index < -0.39 is 6.55 Å². The number of hydrogen-bond donors (Lipinski definition) is 0. The Balaban J connectivity index is 1.68. The van der Waals surface area contributed by atoms with Crippen molar-refractivity contribution in [3.05, 3.63) is 53.3 Å². The predicted molar refractivity (Wildman–Crippen MR) is 103 cm³/mol. The highest BCUT2D eigenvalue weighted by molar-refractivity contribution is 5.76. The molecule has 2 heterocycles. The van der Waals surface area contributed by atoms with E-state index in [0.29, 0.717) is 34.9 Å². The van der Waals surface area contributed by atoms with Crippen LogP contribution in [-0.2, 0) is 13.0 Å². The van der Waals surface area contributed by atoms with Crippen molar-refractivity contribution in [2.45, 2.75) is 32.5 Å². The van der Waals surface area contributed by atoms with Crippen LogP contribution in [0.25, 0.3) is 11.0 Å². The molecule has 5 nitrogen and oxygen atoms in total. The number of imidazole rings is 1. The highest BCUT2D eigenvalue weighted by atomic mass is 19.3. The Hall–Kier alpha value is -2.67. The lowest BCUT2D eigenvalue weighted by Crippen LogP contribution is -2.34. The van der Waals surface area contributed by atoms with Crippen LogP contribution in [0.2, 0.25) is 0 Å². The first kappa shape index (κ1) is 18.7. The van der Waals surface area contributed by atoms with E-state index in [1.807, 2.05) is 25.1 Å². The molecular formula is C21H23F2N3O2. The van der Waals surface area contributed by atoms with E-state index in [2.05, 4.69) is 9.88 Å². The summed E-state index contributed by atoms with van der Waals surface area (Å²) in [7, 11) is 3.23. The normalized spacial score (nSPS) is 15.6. The van der Waals surface area contributed by atoms with Gasteiger partial charge in [0, 0.05) is 13.1 Å². The summed E-state index contributed by atoms with van der Waals surface area (Å²) < 4.78 is 39.5. The smallest absolute Gasteiger partial charge is 0.320 e. The zero-order valence-corrected chi connectivity index (χ0v) is 16.2. The number of nitrogens with zero attached hydrogens (tertiary/aromatic N) is 3. The fourth-order valence-electron chi connectivity index (χ4n) is 3.96. The molecule has 4 rings (SSSR count). The fraction of sp³-hybridized carbons (Fsp3) is 0.381. The molecule has 1 aliphatic heterocycles. The van der Waals surface area contributed by atoms with E-state index >= 15 is 0 Å². The number of ether oxygens (including phenoxy) is 2. The summed E-state index contributed by atoms with van der Waals surface area (Å²) in [6, 6.07) is 10.8. The van der Waals surface area contributed by atoms with Gasteiger partial charge >= 0.3 is 6.55 Å². The first-order chi connectivity index (χ1) is 13.5. The standard InChI is InChI=1S/C21H23F2N3O2/c1-13(20-24-16-6-4-5-7-17(16)26(20)21(22)23)25-9-8-14-10-18(27-2)19(28-3)11-15(14)12-25/h4-7,10-11,13,21H,8-9,12H2,1-3H3/t13-/m0/s1.